The second-order valence-corrected chi connectivity index (χ2v) is 5.02. The zero-order chi connectivity index (χ0) is 14.1. The molecule has 0 spiro atoms. The van der Waals surface area contributed by atoms with Crippen LogP contribution in [0.2, 0.25) is 0 Å². The molecule has 3 rings (SSSR count). The maximum Gasteiger partial charge on any atom is 0.335 e. The number of aromatic carboxylic acids is 1. The summed E-state index contributed by atoms with van der Waals surface area (Å²) in [6.45, 7) is 2.00. The summed E-state index contributed by atoms with van der Waals surface area (Å²) >= 11 is 0. The van der Waals surface area contributed by atoms with Gasteiger partial charge in [-0.15, -0.1) is 0 Å². The number of hydrogen-bond acceptors (Lipinski definition) is 3. The van der Waals surface area contributed by atoms with Gasteiger partial charge in [0.25, 0.3) is 0 Å². The van der Waals surface area contributed by atoms with Crippen LogP contribution in [0.4, 0.5) is 0 Å². The fraction of sp³-hybridized carbons (Fsp3) is 0.250. The number of carboxylic acid groups (broad SMARTS) is 1. The molecule has 4 heteroatoms. The molecule has 1 aliphatic carbocycles. The summed E-state index contributed by atoms with van der Waals surface area (Å²) < 4.78 is 5.87. The van der Waals surface area contributed by atoms with Crippen molar-refractivity contribution in [2.24, 2.45) is 0 Å². The van der Waals surface area contributed by atoms with Gasteiger partial charge < -0.3 is 9.84 Å². The smallest absolute Gasteiger partial charge is 0.335 e. The van der Waals surface area contributed by atoms with Crippen molar-refractivity contribution in [2.75, 3.05) is 0 Å². The molecular weight excluding hydrogens is 254 g/mol. The van der Waals surface area contributed by atoms with Crippen LogP contribution in [0.3, 0.4) is 0 Å². The first-order chi connectivity index (χ1) is 9.65. The van der Waals surface area contributed by atoms with E-state index in [-0.39, 0.29) is 11.7 Å². The Balaban J connectivity index is 2.09. The van der Waals surface area contributed by atoms with E-state index in [9.17, 15) is 4.79 Å². The lowest BCUT2D eigenvalue weighted by molar-refractivity contribution is 0.0696. The van der Waals surface area contributed by atoms with Gasteiger partial charge in [-0.25, -0.2) is 4.79 Å². The van der Waals surface area contributed by atoms with E-state index in [1.165, 1.54) is 0 Å². The van der Waals surface area contributed by atoms with Gasteiger partial charge in [-0.2, -0.15) is 0 Å². The molecule has 1 aromatic carbocycles. The van der Waals surface area contributed by atoms with Crippen LogP contribution in [0.1, 0.15) is 28.8 Å². The Bertz CT molecular complexity index is 663. The van der Waals surface area contributed by atoms with Crippen molar-refractivity contribution in [1.82, 2.24) is 4.98 Å². The van der Waals surface area contributed by atoms with Crippen LogP contribution >= 0.6 is 0 Å². The standard InChI is InChI=1S/C16H15NO3/c1-10-6-7-17-9-14(10)13-5-2-11(16(18)19)8-15(13)20-12-3-4-12/h2,5-9,12H,3-4H2,1H3,(H,18,19). The van der Waals surface area contributed by atoms with Crippen molar-refractivity contribution in [3.63, 3.8) is 0 Å². The lowest BCUT2D eigenvalue weighted by atomic mass is 10.0. The molecule has 0 aliphatic heterocycles. The Hall–Kier alpha value is -2.36. The minimum atomic E-state index is -0.944. The van der Waals surface area contributed by atoms with Crippen molar-refractivity contribution in [1.29, 1.82) is 0 Å². The average Bonchev–Trinajstić information content (AvgIpc) is 3.23. The summed E-state index contributed by atoms with van der Waals surface area (Å²) in [6, 6.07) is 6.93. The highest BCUT2D eigenvalue weighted by Gasteiger charge is 2.25. The molecule has 0 radical (unpaired) electrons. The lowest BCUT2D eigenvalue weighted by Crippen LogP contribution is -2.02. The molecule has 1 heterocycles. The highest BCUT2D eigenvalue weighted by atomic mass is 16.5. The molecule has 0 amide bonds. The lowest BCUT2D eigenvalue weighted by Gasteiger charge is -2.13. The van der Waals surface area contributed by atoms with Crippen LogP contribution < -0.4 is 4.74 Å². The summed E-state index contributed by atoms with van der Waals surface area (Å²) in [4.78, 5) is 15.2. The predicted octanol–water partition coefficient (Wildman–Crippen LogP) is 3.30. The highest BCUT2D eigenvalue weighted by molar-refractivity contribution is 5.90. The zero-order valence-electron chi connectivity index (χ0n) is 11.2. The third-order valence-electron chi connectivity index (χ3n) is 3.38. The van der Waals surface area contributed by atoms with Gasteiger partial charge >= 0.3 is 5.97 Å². The first-order valence-electron chi connectivity index (χ1n) is 6.60. The first-order valence-corrected chi connectivity index (χ1v) is 6.60. The summed E-state index contributed by atoms with van der Waals surface area (Å²) in [5, 5.41) is 9.11. The number of carboxylic acids is 1. The molecule has 1 fully saturated rings. The minimum Gasteiger partial charge on any atom is -0.490 e. The molecule has 2 aromatic rings. The summed E-state index contributed by atoms with van der Waals surface area (Å²) in [6.07, 6.45) is 5.80. The Kier molecular flexibility index (Phi) is 3.14. The van der Waals surface area contributed by atoms with Gasteiger partial charge in [0.15, 0.2) is 0 Å². The molecular formula is C16H15NO3. The normalized spacial score (nSPS) is 14.1. The molecule has 0 atom stereocenters. The van der Waals surface area contributed by atoms with Gasteiger partial charge in [0.05, 0.1) is 11.7 Å². The number of ether oxygens (including phenoxy) is 1. The van der Waals surface area contributed by atoms with Gasteiger partial charge in [0.1, 0.15) is 5.75 Å². The molecule has 0 unspecified atom stereocenters. The van der Waals surface area contributed by atoms with Crippen molar-refractivity contribution in [3.8, 4) is 16.9 Å². The molecule has 20 heavy (non-hydrogen) atoms. The number of rotatable bonds is 4. The van der Waals surface area contributed by atoms with E-state index >= 15 is 0 Å². The second kappa shape index (κ2) is 4.96. The molecule has 0 saturated heterocycles. The molecule has 102 valence electrons. The van der Waals surface area contributed by atoms with Gasteiger partial charge in [-0.3, -0.25) is 4.98 Å². The first kappa shape index (κ1) is 12.7. The van der Waals surface area contributed by atoms with Crippen LogP contribution in [0.15, 0.2) is 36.7 Å². The van der Waals surface area contributed by atoms with Gasteiger partial charge in [0.2, 0.25) is 0 Å². The van der Waals surface area contributed by atoms with E-state index in [4.69, 9.17) is 9.84 Å². The molecule has 4 nitrogen and oxygen atoms in total. The molecule has 1 saturated carbocycles. The van der Waals surface area contributed by atoms with Crippen LogP contribution in [0.25, 0.3) is 11.1 Å². The minimum absolute atomic E-state index is 0.217. The van der Waals surface area contributed by atoms with Crippen LogP contribution in [0, 0.1) is 6.92 Å². The number of benzene rings is 1. The molecule has 1 N–H and O–H groups in total. The van der Waals surface area contributed by atoms with Crippen molar-refractivity contribution in [3.05, 3.63) is 47.8 Å². The van der Waals surface area contributed by atoms with Gasteiger partial charge in [-0.05, 0) is 49.6 Å². The second-order valence-electron chi connectivity index (χ2n) is 5.02. The topological polar surface area (TPSA) is 59.4 Å². The van der Waals surface area contributed by atoms with E-state index in [0.717, 1.165) is 29.5 Å². The fourth-order valence-electron chi connectivity index (χ4n) is 2.09. The number of hydrogen-bond donors (Lipinski definition) is 1. The van der Waals surface area contributed by atoms with E-state index < -0.39 is 5.97 Å². The number of nitrogens with zero attached hydrogens (tertiary/aromatic N) is 1. The summed E-state index contributed by atoms with van der Waals surface area (Å²) in [5.41, 5.74) is 3.20. The molecule has 0 bridgehead atoms. The van der Waals surface area contributed by atoms with Crippen molar-refractivity contribution in [2.45, 2.75) is 25.9 Å². The Morgan fingerprint density at radius 1 is 1.30 bits per heavy atom. The third kappa shape index (κ3) is 2.50. The fourth-order valence-corrected chi connectivity index (χ4v) is 2.09. The molecule has 1 aliphatic rings. The summed E-state index contributed by atoms with van der Waals surface area (Å²) in [5.74, 6) is -0.316. The number of aromatic nitrogens is 1. The maximum atomic E-state index is 11.1. The molecule has 1 aromatic heterocycles. The van der Waals surface area contributed by atoms with Crippen molar-refractivity contribution >= 4 is 5.97 Å². The van der Waals surface area contributed by atoms with E-state index in [1.807, 2.05) is 13.0 Å². The number of pyridine rings is 1. The average molecular weight is 269 g/mol. The Labute approximate surface area is 117 Å². The van der Waals surface area contributed by atoms with Crippen LogP contribution in [0.5, 0.6) is 5.75 Å². The van der Waals surface area contributed by atoms with Gasteiger partial charge in [0, 0.05) is 23.5 Å². The van der Waals surface area contributed by atoms with E-state index in [1.54, 1.807) is 30.6 Å². The largest absolute Gasteiger partial charge is 0.490 e. The third-order valence-corrected chi connectivity index (χ3v) is 3.38. The number of aryl methyl sites for hydroxylation is 1. The van der Waals surface area contributed by atoms with Crippen molar-refractivity contribution < 1.29 is 14.6 Å². The monoisotopic (exact) mass is 269 g/mol. The zero-order valence-corrected chi connectivity index (χ0v) is 11.2. The quantitative estimate of drug-likeness (QED) is 0.925. The Morgan fingerprint density at radius 2 is 2.10 bits per heavy atom. The van der Waals surface area contributed by atoms with E-state index in [0.29, 0.717) is 5.75 Å². The SMILES string of the molecule is Cc1ccncc1-c1ccc(C(=O)O)cc1OC1CC1. The number of carbonyl (C=O) groups is 1. The predicted molar refractivity (Wildman–Crippen MR) is 75.0 cm³/mol. The maximum absolute atomic E-state index is 11.1. The van der Waals surface area contributed by atoms with Crippen LogP contribution in [-0.2, 0) is 0 Å². The van der Waals surface area contributed by atoms with Gasteiger partial charge in [-0.1, -0.05) is 0 Å². The van der Waals surface area contributed by atoms with E-state index in [2.05, 4.69) is 4.98 Å². The Morgan fingerprint density at radius 3 is 2.75 bits per heavy atom. The highest BCUT2D eigenvalue weighted by Crippen LogP contribution is 2.36. The van der Waals surface area contributed by atoms with Crippen LogP contribution in [-0.4, -0.2) is 22.2 Å². The summed E-state index contributed by atoms with van der Waals surface area (Å²) in [7, 11) is 0.